The Balaban J connectivity index is 2.39. The summed E-state index contributed by atoms with van der Waals surface area (Å²) in [5.74, 6) is -0.0190. The second-order valence-electron chi connectivity index (χ2n) is 5.07. The van der Waals surface area contributed by atoms with Gasteiger partial charge in [-0.15, -0.1) is 0 Å². The Morgan fingerprint density at radius 3 is 2.73 bits per heavy atom. The van der Waals surface area contributed by atoms with Crippen molar-refractivity contribution in [2.75, 3.05) is 0 Å². The van der Waals surface area contributed by atoms with Gasteiger partial charge in [-0.1, -0.05) is 19.1 Å². The fourth-order valence-corrected chi connectivity index (χ4v) is 2.49. The molecule has 4 nitrogen and oxygen atoms in total. The van der Waals surface area contributed by atoms with Gasteiger partial charge in [0.1, 0.15) is 17.4 Å². The molecule has 0 spiro atoms. The number of aromatic nitrogens is 2. The molecule has 0 radical (unpaired) electrons. The molecule has 3 aromatic rings. The topological polar surface area (TPSA) is 55.1 Å². The molecule has 0 aliphatic rings. The van der Waals surface area contributed by atoms with Gasteiger partial charge in [0.05, 0.1) is 16.5 Å². The lowest BCUT2D eigenvalue weighted by atomic mass is 10.1. The van der Waals surface area contributed by atoms with Crippen LogP contribution in [0.5, 0.6) is 5.75 Å². The maximum absolute atomic E-state index is 13.4. The largest absolute Gasteiger partial charge is 0.507 e. The van der Waals surface area contributed by atoms with E-state index in [0.717, 1.165) is 6.42 Å². The number of nitrogens with zero attached hydrogens (tertiary/aromatic N) is 2. The number of hydrogen-bond acceptors (Lipinski definition) is 3. The number of rotatable bonds is 3. The summed E-state index contributed by atoms with van der Waals surface area (Å²) in [4.78, 5) is 17.1. The monoisotopic (exact) mass is 298 g/mol. The van der Waals surface area contributed by atoms with Crippen molar-refractivity contribution in [1.29, 1.82) is 0 Å². The molecular formula is C17H15FN2O2. The van der Waals surface area contributed by atoms with Crippen molar-refractivity contribution in [3.05, 3.63) is 58.6 Å². The third kappa shape index (κ3) is 2.35. The summed E-state index contributed by atoms with van der Waals surface area (Å²) in [5.41, 5.74) is 0.598. The third-order valence-corrected chi connectivity index (χ3v) is 3.51. The molecule has 1 N–H and O–H groups in total. The highest BCUT2D eigenvalue weighted by Crippen LogP contribution is 2.27. The van der Waals surface area contributed by atoms with Crippen molar-refractivity contribution < 1.29 is 9.50 Å². The van der Waals surface area contributed by atoms with Gasteiger partial charge in [0, 0.05) is 6.54 Å². The molecule has 2 aromatic carbocycles. The van der Waals surface area contributed by atoms with Crippen molar-refractivity contribution >= 4 is 10.9 Å². The Bertz CT molecular complexity index is 903. The molecule has 0 aliphatic carbocycles. The van der Waals surface area contributed by atoms with Crippen LogP contribution in [0.2, 0.25) is 0 Å². The van der Waals surface area contributed by atoms with Gasteiger partial charge >= 0.3 is 0 Å². The quantitative estimate of drug-likeness (QED) is 0.807. The van der Waals surface area contributed by atoms with E-state index >= 15 is 0 Å². The van der Waals surface area contributed by atoms with Crippen LogP contribution in [0.1, 0.15) is 13.3 Å². The molecule has 112 valence electrons. The summed E-state index contributed by atoms with van der Waals surface area (Å²) in [6.45, 7) is 2.39. The van der Waals surface area contributed by atoms with Crippen LogP contribution in [0, 0.1) is 5.82 Å². The maximum Gasteiger partial charge on any atom is 0.261 e. The first-order valence-corrected chi connectivity index (χ1v) is 7.10. The van der Waals surface area contributed by atoms with Crippen LogP contribution < -0.4 is 5.56 Å². The molecule has 3 rings (SSSR count). The lowest BCUT2D eigenvalue weighted by Gasteiger charge is -2.13. The standard InChI is InChI=1S/C17H15FN2O2/c1-2-9-20-16(12-5-3-4-6-15(12)21)19-14-8-7-11(18)10-13(14)17(20)22/h3-8,10,21H,2,9H2,1H3. The second kappa shape index (κ2) is 5.60. The SMILES string of the molecule is CCCn1c(-c2ccccc2O)nc2ccc(F)cc2c1=O. The van der Waals surface area contributed by atoms with Crippen LogP contribution in [0.4, 0.5) is 4.39 Å². The Morgan fingerprint density at radius 2 is 2.00 bits per heavy atom. The molecule has 0 fully saturated rings. The number of para-hydroxylation sites is 1. The van der Waals surface area contributed by atoms with Crippen LogP contribution in [0.25, 0.3) is 22.3 Å². The lowest BCUT2D eigenvalue weighted by Crippen LogP contribution is -2.23. The van der Waals surface area contributed by atoms with E-state index in [-0.39, 0.29) is 16.7 Å². The van der Waals surface area contributed by atoms with Crippen molar-refractivity contribution in [1.82, 2.24) is 9.55 Å². The number of benzene rings is 2. The van der Waals surface area contributed by atoms with Gasteiger partial charge in [0.15, 0.2) is 0 Å². The number of halogens is 1. The molecule has 0 atom stereocenters. The summed E-state index contributed by atoms with van der Waals surface area (Å²) in [6, 6.07) is 10.7. The van der Waals surface area contributed by atoms with E-state index in [0.29, 0.717) is 23.4 Å². The minimum Gasteiger partial charge on any atom is -0.507 e. The number of hydrogen-bond donors (Lipinski definition) is 1. The minimum absolute atomic E-state index is 0.0562. The zero-order valence-corrected chi connectivity index (χ0v) is 12.1. The van der Waals surface area contributed by atoms with E-state index in [9.17, 15) is 14.3 Å². The summed E-state index contributed by atoms with van der Waals surface area (Å²) >= 11 is 0. The van der Waals surface area contributed by atoms with Crippen molar-refractivity contribution in [3.8, 4) is 17.1 Å². The predicted molar refractivity (Wildman–Crippen MR) is 83.4 cm³/mol. The van der Waals surface area contributed by atoms with Gasteiger partial charge in [-0.05, 0) is 36.8 Å². The summed E-state index contributed by atoms with van der Waals surface area (Å²) < 4.78 is 14.9. The van der Waals surface area contributed by atoms with E-state index in [1.54, 1.807) is 24.3 Å². The molecule has 0 saturated heterocycles. The molecule has 22 heavy (non-hydrogen) atoms. The first-order chi connectivity index (χ1) is 10.6. The fraction of sp³-hybridized carbons (Fsp3) is 0.176. The van der Waals surface area contributed by atoms with Crippen LogP contribution in [0.15, 0.2) is 47.3 Å². The first-order valence-electron chi connectivity index (χ1n) is 7.10. The zero-order chi connectivity index (χ0) is 15.7. The van der Waals surface area contributed by atoms with Gasteiger partial charge < -0.3 is 5.11 Å². The highest BCUT2D eigenvalue weighted by molar-refractivity contribution is 5.80. The maximum atomic E-state index is 13.4. The van der Waals surface area contributed by atoms with E-state index in [1.807, 2.05) is 6.92 Å². The van der Waals surface area contributed by atoms with Crippen LogP contribution in [-0.2, 0) is 6.54 Å². The van der Waals surface area contributed by atoms with Gasteiger partial charge in [0.2, 0.25) is 0 Å². The average Bonchev–Trinajstić information content (AvgIpc) is 2.51. The third-order valence-electron chi connectivity index (χ3n) is 3.51. The minimum atomic E-state index is -0.468. The molecule has 0 saturated carbocycles. The number of fused-ring (bicyclic) bond motifs is 1. The van der Waals surface area contributed by atoms with E-state index < -0.39 is 5.82 Å². The predicted octanol–water partition coefficient (Wildman–Crippen LogP) is 3.32. The zero-order valence-electron chi connectivity index (χ0n) is 12.1. The molecule has 5 heteroatoms. The lowest BCUT2D eigenvalue weighted by molar-refractivity contribution is 0.476. The molecule has 0 amide bonds. The molecule has 0 unspecified atom stereocenters. The smallest absolute Gasteiger partial charge is 0.261 e. The van der Waals surface area contributed by atoms with Crippen molar-refractivity contribution in [2.24, 2.45) is 0 Å². The van der Waals surface area contributed by atoms with Crippen LogP contribution >= 0.6 is 0 Å². The number of phenolic OH excluding ortho intramolecular Hbond substituents is 1. The molecule has 1 heterocycles. The van der Waals surface area contributed by atoms with Crippen molar-refractivity contribution in [2.45, 2.75) is 19.9 Å². The fourth-order valence-electron chi connectivity index (χ4n) is 2.49. The van der Waals surface area contributed by atoms with Gasteiger partial charge in [-0.2, -0.15) is 0 Å². The molecular weight excluding hydrogens is 283 g/mol. The Hall–Kier alpha value is -2.69. The Morgan fingerprint density at radius 1 is 1.23 bits per heavy atom. The average molecular weight is 298 g/mol. The van der Waals surface area contributed by atoms with E-state index in [1.165, 1.54) is 22.8 Å². The van der Waals surface area contributed by atoms with Gasteiger partial charge in [-0.3, -0.25) is 9.36 Å². The van der Waals surface area contributed by atoms with Crippen molar-refractivity contribution in [3.63, 3.8) is 0 Å². The second-order valence-corrected chi connectivity index (χ2v) is 5.07. The van der Waals surface area contributed by atoms with Gasteiger partial charge in [0.25, 0.3) is 5.56 Å². The summed E-state index contributed by atoms with van der Waals surface area (Å²) in [6.07, 6.45) is 0.725. The van der Waals surface area contributed by atoms with E-state index in [2.05, 4.69) is 4.98 Å². The number of phenols is 1. The molecule has 0 bridgehead atoms. The number of aromatic hydroxyl groups is 1. The van der Waals surface area contributed by atoms with Gasteiger partial charge in [-0.25, -0.2) is 9.37 Å². The Labute approximate surface area is 126 Å². The highest BCUT2D eigenvalue weighted by Gasteiger charge is 2.15. The normalized spacial score (nSPS) is 11.0. The Kier molecular flexibility index (Phi) is 3.63. The van der Waals surface area contributed by atoms with E-state index in [4.69, 9.17) is 0 Å². The molecule has 1 aromatic heterocycles. The van der Waals surface area contributed by atoms with Crippen LogP contribution in [0.3, 0.4) is 0 Å². The summed E-state index contributed by atoms with van der Waals surface area (Å²) in [5, 5.41) is 10.3. The highest BCUT2D eigenvalue weighted by atomic mass is 19.1. The molecule has 0 aliphatic heterocycles. The first kappa shape index (κ1) is 14.3. The summed E-state index contributed by atoms with van der Waals surface area (Å²) in [7, 11) is 0. The van der Waals surface area contributed by atoms with Crippen LogP contribution in [-0.4, -0.2) is 14.7 Å².